The average Bonchev–Trinajstić information content (AvgIpc) is 2.93. The zero-order valence-electron chi connectivity index (χ0n) is 22.1. The van der Waals surface area contributed by atoms with Gasteiger partial charge in [0.15, 0.2) is 0 Å². The molecule has 3 aromatic rings. The van der Waals surface area contributed by atoms with Gasteiger partial charge in [0.05, 0.1) is 21.9 Å². The van der Waals surface area contributed by atoms with Gasteiger partial charge in [0.1, 0.15) is 11.8 Å². The quantitative estimate of drug-likeness (QED) is 0.364. The molecule has 4 rings (SSSR count). The molecule has 13 heteroatoms. The number of hydrogen-bond donors (Lipinski definition) is 2. The van der Waals surface area contributed by atoms with Gasteiger partial charge in [-0.25, -0.2) is 16.8 Å². The third kappa shape index (κ3) is 7.19. The van der Waals surface area contributed by atoms with E-state index in [0.717, 1.165) is 5.56 Å². The zero-order valence-corrected chi connectivity index (χ0v) is 24.5. The van der Waals surface area contributed by atoms with Crippen molar-refractivity contribution in [3.63, 3.8) is 0 Å². The molecule has 0 saturated carbocycles. The maximum atomic E-state index is 13.3. The first-order valence-electron chi connectivity index (χ1n) is 12.5. The van der Waals surface area contributed by atoms with E-state index >= 15 is 0 Å². The highest BCUT2D eigenvalue weighted by Crippen LogP contribution is 2.27. The molecule has 0 radical (unpaired) electrons. The summed E-state index contributed by atoms with van der Waals surface area (Å²) in [5.41, 5.74) is 1.07. The Hall–Kier alpha value is -3.00. The number of carbonyl (C=O) groups excluding carboxylic acids is 1. The third-order valence-corrected chi connectivity index (χ3v) is 10.2. The molecule has 0 aromatic heterocycles. The molecule has 1 amide bonds. The van der Waals surface area contributed by atoms with Gasteiger partial charge in [-0.1, -0.05) is 41.9 Å². The van der Waals surface area contributed by atoms with Crippen LogP contribution in [0.3, 0.4) is 0 Å². The molecule has 0 bridgehead atoms. The number of amides is 1. The van der Waals surface area contributed by atoms with Gasteiger partial charge in [0.2, 0.25) is 26.0 Å². The summed E-state index contributed by atoms with van der Waals surface area (Å²) < 4.78 is 61.5. The van der Waals surface area contributed by atoms with E-state index < -0.39 is 32.0 Å². The summed E-state index contributed by atoms with van der Waals surface area (Å²) in [7, 11) is -4.45. The molecular formula is C27H31ClN4O6S2. The summed E-state index contributed by atoms with van der Waals surface area (Å²) in [5, 5.41) is 2.81. The first-order valence-corrected chi connectivity index (χ1v) is 15.8. The van der Waals surface area contributed by atoms with Crippen LogP contribution in [-0.4, -0.2) is 78.3 Å². The third-order valence-electron chi connectivity index (χ3n) is 6.55. The lowest BCUT2D eigenvalue weighted by Gasteiger charge is -2.31. The van der Waals surface area contributed by atoms with Gasteiger partial charge in [-0.05, 0) is 61.5 Å². The van der Waals surface area contributed by atoms with Crippen molar-refractivity contribution in [1.29, 1.82) is 0 Å². The van der Waals surface area contributed by atoms with Gasteiger partial charge in [0, 0.05) is 31.9 Å². The van der Waals surface area contributed by atoms with E-state index in [1.807, 2.05) is 13.1 Å². The lowest BCUT2D eigenvalue weighted by molar-refractivity contribution is -0.117. The number of ether oxygens (including phenoxy) is 1. The van der Waals surface area contributed by atoms with E-state index in [4.69, 9.17) is 16.3 Å². The van der Waals surface area contributed by atoms with Crippen LogP contribution in [0.15, 0.2) is 82.6 Å². The van der Waals surface area contributed by atoms with Crippen LogP contribution >= 0.6 is 11.6 Å². The van der Waals surface area contributed by atoms with Crippen LogP contribution in [0.5, 0.6) is 5.75 Å². The fourth-order valence-electron chi connectivity index (χ4n) is 4.22. The molecular weight excluding hydrogens is 576 g/mol. The molecule has 1 heterocycles. The number of likely N-dealkylation sites (N-methyl/N-ethyl adjacent to an activating group) is 1. The number of hydrogen-bond acceptors (Lipinski definition) is 7. The molecule has 1 unspecified atom stereocenters. The largest absolute Gasteiger partial charge is 0.495 e. The Morgan fingerprint density at radius 1 is 0.925 bits per heavy atom. The van der Waals surface area contributed by atoms with Crippen LogP contribution in [0.25, 0.3) is 0 Å². The normalized spacial score (nSPS) is 15.9. The molecule has 3 aromatic carbocycles. The molecule has 10 nitrogen and oxygen atoms in total. The van der Waals surface area contributed by atoms with E-state index in [1.165, 1.54) is 53.9 Å². The smallest absolute Gasteiger partial charge is 0.243 e. The Bertz CT molecular complexity index is 1540. The minimum absolute atomic E-state index is 0.0751. The minimum atomic E-state index is -4.15. The molecule has 1 atom stereocenters. The minimum Gasteiger partial charge on any atom is -0.495 e. The number of halogens is 1. The SMILES string of the molecule is COc1ccc(S(=O)(=O)NC(Cc2ccccc2)C(=O)Nc2ccc(S(=O)(=O)N3CCN(C)CC3)cc2)cc1Cl. The van der Waals surface area contributed by atoms with Crippen LogP contribution in [0.4, 0.5) is 5.69 Å². The fraction of sp³-hybridized carbons (Fsp3) is 0.296. The van der Waals surface area contributed by atoms with Gasteiger partial charge >= 0.3 is 0 Å². The van der Waals surface area contributed by atoms with Crippen molar-refractivity contribution in [2.24, 2.45) is 0 Å². The summed E-state index contributed by atoms with van der Waals surface area (Å²) in [5.74, 6) is -0.293. The monoisotopic (exact) mass is 606 g/mol. The lowest BCUT2D eigenvalue weighted by atomic mass is 10.1. The number of methoxy groups -OCH3 is 1. The topological polar surface area (TPSA) is 125 Å². The van der Waals surface area contributed by atoms with Crippen molar-refractivity contribution in [3.8, 4) is 5.75 Å². The molecule has 2 N–H and O–H groups in total. The Balaban J connectivity index is 1.53. The Morgan fingerprint density at radius 3 is 2.15 bits per heavy atom. The van der Waals surface area contributed by atoms with E-state index in [2.05, 4.69) is 14.9 Å². The van der Waals surface area contributed by atoms with Gasteiger partial charge in [-0.15, -0.1) is 0 Å². The van der Waals surface area contributed by atoms with E-state index in [-0.39, 0.29) is 21.2 Å². The van der Waals surface area contributed by atoms with E-state index in [9.17, 15) is 21.6 Å². The number of sulfonamides is 2. The summed E-state index contributed by atoms with van der Waals surface area (Å²) >= 11 is 6.13. The predicted octanol–water partition coefficient (Wildman–Crippen LogP) is 2.81. The van der Waals surface area contributed by atoms with Crippen molar-refractivity contribution in [3.05, 3.63) is 83.4 Å². The maximum absolute atomic E-state index is 13.3. The lowest BCUT2D eigenvalue weighted by Crippen LogP contribution is -2.47. The van der Waals surface area contributed by atoms with Crippen LogP contribution < -0.4 is 14.8 Å². The fourth-order valence-corrected chi connectivity index (χ4v) is 7.19. The highest BCUT2D eigenvalue weighted by molar-refractivity contribution is 7.89. The molecule has 0 aliphatic carbocycles. The summed E-state index contributed by atoms with van der Waals surface area (Å²) in [6, 6.07) is 17.7. The second kappa shape index (κ2) is 12.7. The summed E-state index contributed by atoms with van der Waals surface area (Å²) in [6.07, 6.45) is 0.0751. The Labute approximate surface area is 240 Å². The number of rotatable bonds is 10. The van der Waals surface area contributed by atoms with Gasteiger partial charge in [-0.3, -0.25) is 4.79 Å². The number of piperazine rings is 1. The Morgan fingerprint density at radius 2 is 1.55 bits per heavy atom. The van der Waals surface area contributed by atoms with Gasteiger partial charge in [-0.2, -0.15) is 9.03 Å². The van der Waals surface area contributed by atoms with Crippen LogP contribution in [0.2, 0.25) is 5.02 Å². The van der Waals surface area contributed by atoms with Crippen molar-refractivity contribution in [2.75, 3.05) is 45.7 Å². The average molecular weight is 607 g/mol. The molecule has 40 heavy (non-hydrogen) atoms. The molecule has 0 spiro atoms. The van der Waals surface area contributed by atoms with Gasteiger partial charge in [0.25, 0.3) is 0 Å². The van der Waals surface area contributed by atoms with Crippen LogP contribution in [0, 0.1) is 0 Å². The van der Waals surface area contributed by atoms with Crippen molar-refractivity contribution < 1.29 is 26.4 Å². The van der Waals surface area contributed by atoms with Gasteiger partial charge < -0.3 is 15.0 Å². The second-order valence-electron chi connectivity index (χ2n) is 9.38. The molecule has 1 aliphatic heterocycles. The molecule has 1 saturated heterocycles. The van der Waals surface area contributed by atoms with Crippen molar-refractivity contribution >= 4 is 43.2 Å². The predicted molar refractivity (Wildman–Crippen MR) is 154 cm³/mol. The van der Waals surface area contributed by atoms with E-state index in [1.54, 1.807) is 24.3 Å². The van der Waals surface area contributed by atoms with Crippen LogP contribution in [0.1, 0.15) is 5.56 Å². The van der Waals surface area contributed by atoms with Crippen LogP contribution in [-0.2, 0) is 31.3 Å². The number of benzene rings is 3. The van der Waals surface area contributed by atoms with Crippen molar-refractivity contribution in [2.45, 2.75) is 22.3 Å². The number of nitrogens with zero attached hydrogens (tertiary/aromatic N) is 2. The molecule has 1 fully saturated rings. The number of anilines is 1. The van der Waals surface area contributed by atoms with Crippen molar-refractivity contribution in [1.82, 2.24) is 13.9 Å². The zero-order chi connectivity index (χ0) is 28.9. The highest BCUT2D eigenvalue weighted by atomic mass is 35.5. The summed E-state index contributed by atoms with van der Waals surface area (Å²) in [4.78, 5) is 15.4. The number of nitrogens with one attached hydrogen (secondary N) is 2. The highest BCUT2D eigenvalue weighted by Gasteiger charge is 2.29. The standard InChI is InChI=1S/C27H31ClN4O6S2/c1-31-14-16-32(17-15-31)40(36,37)22-10-8-21(9-11-22)29-27(33)25(18-20-6-4-3-5-7-20)30-39(34,35)23-12-13-26(38-2)24(28)19-23/h3-13,19,25,30H,14-18H2,1-2H3,(H,29,33). The number of carbonyl (C=O) groups is 1. The molecule has 1 aliphatic rings. The Kier molecular flexibility index (Phi) is 9.49. The first-order chi connectivity index (χ1) is 19.0. The second-order valence-corrected chi connectivity index (χ2v) is 13.4. The maximum Gasteiger partial charge on any atom is 0.243 e. The molecule has 214 valence electrons. The first kappa shape index (κ1) is 30.0. The van der Waals surface area contributed by atoms with E-state index in [0.29, 0.717) is 37.6 Å². The summed E-state index contributed by atoms with van der Waals surface area (Å²) in [6.45, 7) is 2.10.